The van der Waals surface area contributed by atoms with Crippen LogP contribution in [0.4, 0.5) is 0 Å². The Labute approximate surface area is 258 Å². The van der Waals surface area contributed by atoms with Crippen LogP contribution in [0.25, 0.3) is 0 Å². The molecule has 0 amide bonds. The molecule has 222 valence electrons. The van der Waals surface area contributed by atoms with Gasteiger partial charge in [-0.25, -0.2) is 0 Å². The van der Waals surface area contributed by atoms with E-state index < -0.39 is 39.4 Å². The van der Waals surface area contributed by atoms with Gasteiger partial charge in [0.15, 0.2) is 11.6 Å². The third-order valence-electron chi connectivity index (χ3n) is 7.90. The molecule has 1 N–H and O–H groups in total. The quantitative estimate of drug-likeness (QED) is 0.339. The van der Waals surface area contributed by atoms with E-state index in [0.717, 1.165) is 0 Å². The molecule has 8 nitrogen and oxygen atoms in total. The molecule has 1 aliphatic heterocycles. The molecule has 0 bridgehead atoms. The van der Waals surface area contributed by atoms with Crippen LogP contribution < -0.4 is 4.18 Å². The summed E-state index contributed by atoms with van der Waals surface area (Å²) in [6.45, 7) is 7.41. The highest BCUT2D eigenvalue weighted by atomic mass is 79.9. The van der Waals surface area contributed by atoms with E-state index in [1.165, 1.54) is 30.3 Å². The Hall–Kier alpha value is -2.95. The van der Waals surface area contributed by atoms with Crippen molar-refractivity contribution in [2.45, 2.75) is 64.2 Å². The first kappa shape index (κ1) is 30.5. The lowest BCUT2D eigenvalue weighted by Gasteiger charge is -2.48. The SMILES string of the molecule is CC1(C)CC(=O)C2=C(C1)N(CC(=O)O)C1=C(C(=O)CC(C)(C)C1)C2c1cc(Br)ccc1OS(=O)(=O)c1ccc(Cl)cc1. The predicted molar refractivity (Wildman–Crippen MR) is 161 cm³/mol. The minimum absolute atomic E-state index is 0.0289. The Morgan fingerprint density at radius 1 is 0.952 bits per heavy atom. The first-order valence-electron chi connectivity index (χ1n) is 13.5. The third kappa shape index (κ3) is 5.81. The molecular formula is C31H31BrClNO7S. The van der Waals surface area contributed by atoms with Crippen molar-refractivity contribution in [3.63, 3.8) is 0 Å². The fourth-order valence-electron chi connectivity index (χ4n) is 6.27. The van der Waals surface area contributed by atoms with Crippen molar-refractivity contribution >= 4 is 55.2 Å². The molecule has 0 atom stereocenters. The number of nitrogens with zero attached hydrogens (tertiary/aromatic N) is 1. The number of ketones is 2. The first-order chi connectivity index (χ1) is 19.5. The van der Waals surface area contributed by atoms with E-state index in [0.29, 0.717) is 50.4 Å². The van der Waals surface area contributed by atoms with Crippen LogP contribution in [0.3, 0.4) is 0 Å². The zero-order valence-electron chi connectivity index (χ0n) is 23.7. The molecule has 0 radical (unpaired) electrons. The molecular weight excluding hydrogens is 646 g/mol. The zero-order valence-corrected chi connectivity index (χ0v) is 26.8. The molecule has 0 unspecified atom stereocenters. The van der Waals surface area contributed by atoms with Gasteiger partial charge in [0.2, 0.25) is 0 Å². The van der Waals surface area contributed by atoms with Gasteiger partial charge >= 0.3 is 16.1 Å². The van der Waals surface area contributed by atoms with Crippen LogP contribution in [0.15, 0.2) is 74.4 Å². The molecule has 2 aliphatic carbocycles. The lowest BCUT2D eigenvalue weighted by molar-refractivity contribution is -0.138. The number of hydrogen-bond acceptors (Lipinski definition) is 7. The Kier molecular flexibility index (Phi) is 7.73. The molecule has 0 saturated heterocycles. The van der Waals surface area contributed by atoms with Crippen molar-refractivity contribution in [3.8, 4) is 5.75 Å². The highest BCUT2D eigenvalue weighted by Crippen LogP contribution is 2.55. The topological polar surface area (TPSA) is 118 Å². The predicted octanol–water partition coefficient (Wildman–Crippen LogP) is 6.64. The molecule has 2 aromatic rings. The third-order valence-corrected chi connectivity index (χ3v) is 9.89. The molecule has 0 aromatic heterocycles. The average Bonchev–Trinajstić information content (AvgIpc) is 2.84. The number of carboxylic acids is 1. The van der Waals surface area contributed by atoms with E-state index in [1.807, 2.05) is 27.7 Å². The van der Waals surface area contributed by atoms with E-state index in [1.54, 1.807) is 17.0 Å². The van der Waals surface area contributed by atoms with Crippen LogP contribution in [-0.2, 0) is 24.5 Å². The van der Waals surface area contributed by atoms with Crippen molar-refractivity contribution < 1.29 is 32.1 Å². The Morgan fingerprint density at radius 3 is 1.98 bits per heavy atom. The number of hydrogen-bond donors (Lipinski definition) is 1. The highest BCUT2D eigenvalue weighted by Gasteiger charge is 2.50. The summed E-state index contributed by atoms with van der Waals surface area (Å²) in [5.74, 6) is -2.46. The van der Waals surface area contributed by atoms with Crippen molar-refractivity contribution in [1.29, 1.82) is 0 Å². The summed E-state index contributed by atoms with van der Waals surface area (Å²) in [6, 6.07) is 10.3. The molecule has 3 aliphatic rings. The Balaban J connectivity index is 1.76. The maximum atomic E-state index is 14.0. The minimum atomic E-state index is -4.32. The van der Waals surface area contributed by atoms with Crippen molar-refractivity contribution in [3.05, 3.63) is 80.1 Å². The van der Waals surface area contributed by atoms with Gasteiger partial charge in [0.05, 0.1) is 0 Å². The zero-order chi connectivity index (χ0) is 30.8. The lowest BCUT2D eigenvalue weighted by atomic mass is 9.63. The maximum Gasteiger partial charge on any atom is 0.339 e. The number of allylic oxidation sites excluding steroid dienone is 4. The van der Waals surface area contributed by atoms with Gasteiger partial charge in [0.1, 0.15) is 17.2 Å². The second-order valence-corrected chi connectivity index (χ2v) is 15.6. The largest absolute Gasteiger partial charge is 0.480 e. The van der Waals surface area contributed by atoms with Crippen molar-refractivity contribution in [2.24, 2.45) is 10.8 Å². The van der Waals surface area contributed by atoms with Crippen LogP contribution in [-0.4, -0.2) is 42.5 Å². The Bertz CT molecular complexity index is 1640. The highest BCUT2D eigenvalue weighted by molar-refractivity contribution is 9.10. The van der Waals surface area contributed by atoms with Gasteiger partial charge in [-0.3, -0.25) is 14.4 Å². The van der Waals surface area contributed by atoms with Gasteiger partial charge in [0, 0.05) is 56.4 Å². The minimum Gasteiger partial charge on any atom is -0.480 e. The van der Waals surface area contributed by atoms with Gasteiger partial charge < -0.3 is 14.2 Å². The van der Waals surface area contributed by atoms with Crippen LogP contribution in [0.2, 0.25) is 5.02 Å². The van der Waals surface area contributed by atoms with Gasteiger partial charge in [0.25, 0.3) is 0 Å². The summed E-state index contributed by atoms with van der Waals surface area (Å²) < 4.78 is 33.0. The van der Waals surface area contributed by atoms with Gasteiger partial charge in [-0.05, 0) is 66.1 Å². The molecule has 0 fully saturated rings. The number of benzene rings is 2. The summed E-state index contributed by atoms with van der Waals surface area (Å²) in [6.07, 6.45) is 1.21. The van der Waals surface area contributed by atoms with Gasteiger partial charge in [-0.1, -0.05) is 55.2 Å². The fraction of sp³-hybridized carbons (Fsp3) is 0.387. The first-order valence-corrected chi connectivity index (χ1v) is 16.1. The standard InChI is InChI=1S/C31H31BrClNO7S/c1-30(2)12-21-28(23(35)14-30)27(29-22(34(21)16-26(37)38)13-31(3,4)15-24(29)36)20-11-17(32)5-10-25(20)41-42(39,40)19-8-6-18(33)7-9-19/h5-11,27H,12-16H2,1-4H3,(H,37,38). The van der Waals surface area contributed by atoms with Gasteiger partial charge in [-0.15, -0.1) is 0 Å². The van der Waals surface area contributed by atoms with Crippen LogP contribution in [0, 0.1) is 10.8 Å². The Morgan fingerprint density at radius 2 is 1.48 bits per heavy atom. The van der Waals surface area contributed by atoms with Crippen molar-refractivity contribution in [1.82, 2.24) is 4.90 Å². The summed E-state index contributed by atoms with van der Waals surface area (Å²) in [5, 5.41) is 10.3. The van der Waals surface area contributed by atoms with Crippen LogP contribution in [0.5, 0.6) is 5.75 Å². The number of carbonyl (C=O) groups excluding carboxylic acids is 2. The summed E-state index contributed by atoms with van der Waals surface area (Å²) in [5.41, 5.74) is 1.18. The van der Waals surface area contributed by atoms with E-state index in [2.05, 4.69) is 15.9 Å². The van der Waals surface area contributed by atoms with E-state index >= 15 is 0 Å². The molecule has 0 spiro atoms. The molecule has 5 rings (SSSR count). The number of rotatable bonds is 6. The molecule has 2 aromatic carbocycles. The van der Waals surface area contributed by atoms with E-state index in [-0.39, 0.29) is 35.1 Å². The number of halogens is 2. The number of carboxylic acid groups (broad SMARTS) is 1. The summed E-state index contributed by atoms with van der Waals surface area (Å²) in [7, 11) is -4.32. The smallest absolute Gasteiger partial charge is 0.339 e. The maximum absolute atomic E-state index is 14.0. The monoisotopic (exact) mass is 675 g/mol. The average molecular weight is 677 g/mol. The second-order valence-electron chi connectivity index (χ2n) is 12.7. The normalized spacial score (nSPS) is 20.4. The fourth-order valence-corrected chi connectivity index (χ4v) is 7.73. The molecule has 11 heteroatoms. The molecule has 0 saturated carbocycles. The summed E-state index contributed by atoms with van der Waals surface area (Å²) in [4.78, 5) is 41.5. The number of Topliss-reactive ketones (excluding diaryl/α,β-unsaturated/α-hetero) is 2. The van der Waals surface area contributed by atoms with Crippen molar-refractivity contribution in [2.75, 3.05) is 6.54 Å². The van der Waals surface area contributed by atoms with Gasteiger partial charge in [-0.2, -0.15) is 8.42 Å². The van der Waals surface area contributed by atoms with E-state index in [9.17, 15) is 27.9 Å². The van der Waals surface area contributed by atoms with Crippen LogP contribution >= 0.6 is 27.5 Å². The van der Waals surface area contributed by atoms with E-state index in [4.69, 9.17) is 15.8 Å². The molecule has 42 heavy (non-hydrogen) atoms. The summed E-state index contributed by atoms with van der Waals surface area (Å²) >= 11 is 9.42. The number of carbonyl (C=O) groups is 3. The number of aliphatic carboxylic acids is 1. The second kappa shape index (κ2) is 10.6. The van der Waals surface area contributed by atoms with Crippen LogP contribution in [0.1, 0.15) is 64.9 Å². The lowest BCUT2D eigenvalue weighted by Crippen LogP contribution is -2.45. The molecule has 1 heterocycles.